The number of rotatable bonds is 15. The van der Waals surface area contributed by atoms with Crippen molar-refractivity contribution in [2.45, 2.75) is 157 Å². The molecule has 0 aromatic heterocycles. The Hall–Kier alpha value is -10.2. The highest BCUT2D eigenvalue weighted by Gasteiger charge is 2.29. The Morgan fingerprint density at radius 1 is 0.383 bits per heavy atom. The Balaban J connectivity index is 0.000000194. The Morgan fingerprint density at radius 2 is 0.750 bits per heavy atom. The molecule has 6 N–H and O–H groups in total. The third kappa shape index (κ3) is 35.7. The van der Waals surface area contributed by atoms with Gasteiger partial charge in [-0.1, -0.05) is 127 Å². The number of nitrogens with two attached hydrogens (primary N) is 2. The number of nitrogens with zero attached hydrogens (tertiary/aromatic N) is 3. The van der Waals surface area contributed by atoms with Crippen LogP contribution in [0.4, 0.5) is 25.8 Å². The topological polar surface area (TPSA) is 305 Å². The van der Waals surface area contributed by atoms with Gasteiger partial charge in [0.2, 0.25) is 0 Å². The summed E-state index contributed by atoms with van der Waals surface area (Å²) >= 11 is 8.59. The number of carboxylic acids is 1. The lowest BCUT2D eigenvalue weighted by molar-refractivity contribution is 0.0248. The Bertz CT molecular complexity index is 5320. The number of fused-ring (bicyclic) bond motifs is 3. The summed E-state index contributed by atoms with van der Waals surface area (Å²) in [5.74, 6) is -0.357. The SMILES string of the molecule is C1CCOC1.CC(C)(C)OC(=O)N1CCc2ccc(CC(=O)c3ccc(I)cc3OCc3ccccc3)cc2CC1.CC(C)(C)OC(=O)N1CCc2ccc(N)cc2CC1.CC(C)(C)OC(=O)N1CCc2cccc(N)c2CC1.COC(=O)c1ccc(I)cc1O.COC(=O)c1ccc(I)cc1OCc1ccccc1.O=C(O)c1ccc(I)cc1OCc1ccccc1. The second kappa shape index (κ2) is 51.2. The number of methoxy groups -OCH3 is 2. The number of aromatic carboxylic acids is 1. The summed E-state index contributed by atoms with van der Waals surface area (Å²) in [4.78, 5) is 89.0. The Labute approximate surface area is 806 Å². The lowest BCUT2D eigenvalue weighted by atomic mass is 9.96. The number of ether oxygens (including phenoxy) is 9. The molecule has 0 spiro atoms. The number of amides is 3. The van der Waals surface area contributed by atoms with E-state index < -0.39 is 28.7 Å². The van der Waals surface area contributed by atoms with Crippen LogP contribution in [0.25, 0.3) is 0 Å². The number of phenols is 1. The van der Waals surface area contributed by atoms with Gasteiger partial charge in [0.1, 0.15) is 76.3 Å². The van der Waals surface area contributed by atoms with Gasteiger partial charge in [-0.25, -0.2) is 28.8 Å². The van der Waals surface area contributed by atoms with E-state index in [4.69, 9.17) is 54.5 Å². The van der Waals surface area contributed by atoms with Crippen molar-refractivity contribution in [1.29, 1.82) is 0 Å². The molecule has 4 heterocycles. The molecule has 27 heteroatoms. The van der Waals surface area contributed by atoms with Gasteiger partial charge in [-0.2, -0.15) is 0 Å². The molecule has 0 atom stereocenters. The molecule has 128 heavy (non-hydrogen) atoms. The first-order valence-corrected chi connectivity index (χ1v) is 46.4. The summed E-state index contributed by atoms with van der Waals surface area (Å²) < 4.78 is 51.7. The fourth-order valence-electron chi connectivity index (χ4n) is 13.3. The van der Waals surface area contributed by atoms with Gasteiger partial charge in [0.05, 0.1) is 19.8 Å². The molecular weight excluding hydrogens is 2080 g/mol. The van der Waals surface area contributed by atoms with Crippen molar-refractivity contribution in [2.75, 3.05) is 78.2 Å². The number of esters is 2. The van der Waals surface area contributed by atoms with Crippen LogP contribution in [-0.4, -0.2) is 150 Å². The van der Waals surface area contributed by atoms with Gasteiger partial charge in [0.15, 0.2) is 5.78 Å². The quantitative estimate of drug-likeness (QED) is 0.0244. The average molecular weight is 2190 g/mol. The number of benzene rings is 10. The molecule has 14 rings (SSSR count). The van der Waals surface area contributed by atoms with Crippen molar-refractivity contribution in [3.8, 4) is 23.0 Å². The van der Waals surface area contributed by atoms with E-state index in [9.17, 15) is 38.7 Å². The van der Waals surface area contributed by atoms with E-state index in [0.717, 1.165) is 99.6 Å². The minimum Gasteiger partial charge on any atom is -0.507 e. The zero-order valence-electron chi connectivity index (χ0n) is 74.4. The van der Waals surface area contributed by atoms with E-state index in [1.54, 1.807) is 45.0 Å². The number of aromatic hydroxyl groups is 1. The molecule has 0 bridgehead atoms. The molecule has 1 fully saturated rings. The highest BCUT2D eigenvalue weighted by Crippen LogP contribution is 2.31. The summed E-state index contributed by atoms with van der Waals surface area (Å²) in [5, 5.41) is 18.4. The van der Waals surface area contributed by atoms with Crippen LogP contribution < -0.4 is 25.7 Å². The second-order valence-electron chi connectivity index (χ2n) is 33.1. The zero-order chi connectivity index (χ0) is 93.1. The molecule has 0 saturated carbocycles. The number of hydrogen-bond donors (Lipinski definition) is 4. The number of hydrogen-bond acceptors (Lipinski definition) is 19. The van der Waals surface area contributed by atoms with Gasteiger partial charge in [-0.05, 0) is 351 Å². The maximum absolute atomic E-state index is 13.3. The molecule has 4 aliphatic heterocycles. The molecule has 23 nitrogen and oxygen atoms in total. The second-order valence-corrected chi connectivity index (χ2v) is 38.1. The Kier molecular flexibility index (Phi) is 41.3. The molecule has 680 valence electrons. The fraction of sp³-hybridized carbons (Fsp3) is 0.337. The standard InChI is InChI=1S/C30H32INO4.C15H13IO3.2C15H22N2O2.C14H11IO3.C8H7IO3.C4H8O/c1-30(2,3)36-29(34)32-15-13-23-10-9-22(17-24(23)14-16-32)18-27(33)26-12-11-25(31)19-28(26)35-20-21-7-5-4-6-8-21;1-18-15(17)13-8-7-12(16)9-14(13)19-10-11-5-3-2-4-6-11;1-15(2,3)19-14(18)17-8-6-11-4-5-13(16)10-12(11)7-9-17;1-15(2,3)19-14(18)17-9-7-11-5-4-6-13(16)12(11)8-10-17;15-11-6-7-12(14(16)17)13(8-11)18-9-10-4-2-1-3-5-10;1-12-8(11)6-3-2-5(9)4-7(6)10;1-2-4-5-3-1/h4-12,17,19H,13-16,18,20H2,1-3H3;2-9H,10H2,1H3;4-5,10H,6-9,16H2,1-3H3;4-6H,7-10,16H2,1-3H3;1-8H,9H2,(H,16,17);2-4,10H,1H3;1-4H2. The van der Waals surface area contributed by atoms with Crippen molar-refractivity contribution in [3.63, 3.8) is 0 Å². The molecule has 0 radical (unpaired) electrons. The maximum atomic E-state index is 13.3. The lowest BCUT2D eigenvalue weighted by Gasteiger charge is -2.26. The van der Waals surface area contributed by atoms with E-state index in [-0.39, 0.29) is 46.9 Å². The smallest absolute Gasteiger partial charge is 0.410 e. The number of halogens is 4. The third-order valence-corrected chi connectivity index (χ3v) is 22.4. The van der Waals surface area contributed by atoms with Crippen molar-refractivity contribution in [3.05, 3.63) is 311 Å². The van der Waals surface area contributed by atoms with Gasteiger partial charge in [-0.3, -0.25) is 4.79 Å². The molecular formula is C101H115I4N5O18. The number of nitrogen functional groups attached to an aromatic ring is 2. The van der Waals surface area contributed by atoms with E-state index in [1.165, 1.54) is 72.6 Å². The molecule has 0 unspecified atom stereocenters. The largest absolute Gasteiger partial charge is 0.507 e. The number of carboxylic acid groups (broad SMARTS) is 1. The van der Waals surface area contributed by atoms with Crippen LogP contribution in [0, 0.1) is 14.3 Å². The number of carbonyl (C=O) groups excluding carboxylic acids is 6. The van der Waals surface area contributed by atoms with E-state index >= 15 is 0 Å². The van der Waals surface area contributed by atoms with Crippen LogP contribution in [0.2, 0.25) is 0 Å². The van der Waals surface area contributed by atoms with Crippen LogP contribution in [0.3, 0.4) is 0 Å². The average Bonchev–Trinajstić information content (AvgIpc) is 1.48. The summed E-state index contributed by atoms with van der Waals surface area (Å²) in [6.45, 7) is 24.1. The van der Waals surface area contributed by atoms with Crippen LogP contribution in [0.5, 0.6) is 23.0 Å². The minimum atomic E-state index is -0.977. The van der Waals surface area contributed by atoms with Crippen LogP contribution in [0.15, 0.2) is 218 Å². The molecule has 3 amide bonds. The summed E-state index contributed by atoms with van der Waals surface area (Å²) in [6, 6.07) is 68.5. The van der Waals surface area contributed by atoms with Crippen LogP contribution in [-0.2, 0) is 93.2 Å². The monoisotopic (exact) mass is 2190 g/mol. The number of Topliss-reactive ketones (excluding diaryl/α,β-unsaturated/α-hetero) is 1. The van der Waals surface area contributed by atoms with Gasteiger partial charge < -0.3 is 79.0 Å². The van der Waals surface area contributed by atoms with Crippen LogP contribution in [0.1, 0.15) is 172 Å². The first kappa shape index (κ1) is 103. The zero-order valence-corrected chi connectivity index (χ0v) is 83.0. The maximum Gasteiger partial charge on any atom is 0.410 e. The molecule has 10 aromatic carbocycles. The highest BCUT2D eigenvalue weighted by atomic mass is 127. The van der Waals surface area contributed by atoms with E-state index in [0.29, 0.717) is 93.9 Å². The normalized spacial score (nSPS) is 13.2. The first-order valence-electron chi connectivity index (χ1n) is 42.1. The molecule has 1 saturated heterocycles. The summed E-state index contributed by atoms with van der Waals surface area (Å²) in [7, 11) is 2.64. The fourth-order valence-corrected chi connectivity index (χ4v) is 15.1. The predicted octanol–water partition coefficient (Wildman–Crippen LogP) is 21.6. The molecule has 10 aromatic rings. The highest BCUT2D eigenvalue weighted by molar-refractivity contribution is 14.1. The van der Waals surface area contributed by atoms with Crippen molar-refractivity contribution in [1.82, 2.24) is 14.7 Å². The van der Waals surface area contributed by atoms with Gasteiger partial charge in [0.25, 0.3) is 0 Å². The van der Waals surface area contributed by atoms with Crippen molar-refractivity contribution in [2.24, 2.45) is 0 Å². The number of anilines is 2. The number of phenolic OH excluding ortho intramolecular Hbond substituents is 1. The van der Waals surface area contributed by atoms with E-state index in [1.807, 2.05) is 237 Å². The van der Waals surface area contributed by atoms with E-state index in [2.05, 4.69) is 96.8 Å². The minimum absolute atomic E-state index is 0.0263. The summed E-state index contributed by atoms with van der Waals surface area (Å²) in [5.41, 5.74) is 24.9. The van der Waals surface area contributed by atoms with Gasteiger partial charge >= 0.3 is 36.2 Å². The van der Waals surface area contributed by atoms with Gasteiger partial charge in [0, 0.05) is 84.6 Å². The summed E-state index contributed by atoms with van der Waals surface area (Å²) in [6.07, 6.45) is 6.95. The predicted molar refractivity (Wildman–Crippen MR) is 532 cm³/mol. The third-order valence-electron chi connectivity index (χ3n) is 19.7. The molecule has 0 aliphatic carbocycles. The Morgan fingerprint density at radius 3 is 1.16 bits per heavy atom. The van der Waals surface area contributed by atoms with Crippen molar-refractivity contribution >= 4 is 144 Å². The van der Waals surface area contributed by atoms with Crippen molar-refractivity contribution < 1.29 is 86.4 Å². The van der Waals surface area contributed by atoms with Gasteiger partial charge in [-0.15, -0.1) is 0 Å². The molecule has 4 aliphatic rings. The number of carbonyl (C=O) groups is 7. The van der Waals surface area contributed by atoms with Crippen LogP contribution >= 0.6 is 90.4 Å². The first-order chi connectivity index (χ1) is 60.9. The number of ketones is 1. The lowest BCUT2D eigenvalue weighted by Crippen LogP contribution is -2.38.